The second kappa shape index (κ2) is 8.64. The summed E-state index contributed by atoms with van der Waals surface area (Å²) in [6.07, 6.45) is 0. The summed E-state index contributed by atoms with van der Waals surface area (Å²) in [5.41, 5.74) is 3.59. The van der Waals surface area contributed by atoms with Crippen LogP contribution in [0, 0.1) is 6.92 Å². The minimum absolute atomic E-state index is 0.0824. The Morgan fingerprint density at radius 1 is 0.909 bits per heavy atom. The van der Waals surface area contributed by atoms with E-state index in [1.54, 1.807) is 30.3 Å². The predicted octanol–water partition coefficient (Wildman–Crippen LogP) is 4.81. The lowest BCUT2D eigenvalue weighted by atomic mass is 10.0. The van der Waals surface area contributed by atoms with Gasteiger partial charge in [0.05, 0.1) is 12.1 Å². The number of amides is 2. The van der Waals surface area contributed by atoms with Crippen LogP contribution >= 0.6 is 11.6 Å². The molecule has 2 heterocycles. The molecule has 7 heteroatoms. The van der Waals surface area contributed by atoms with E-state index in [1.165, 1.54) is 4.90 Å². The first kappa shape index (κ1) is 21.1. The van der Waals surface area contributed by atoms with E-state index >= 15 is 0 Å². The van der Waals surface area contributed by atoms with E-state index in [1.807, 2.05) is 43.3 Å². The van der Waals surface area contributed by atoms with Gasteiger partial charge in [-0.15, -0.1) is 0 Å². The summed E-state index contributed by atoms with van der Waals surface area (Å²) in [5, 5.41) is 3.67. The Morgan fingerprint density at radius 3 is 2.39 bits per heavy atom. The van der Waals surface area contributed by atoms with Gasteiger partial charge in [0.15, 0.2) is 11.5 Å². The summed E-state index contributed by atoms with van der Waals surface area (Å²) < 4.78 is 11.2. The summed E-state index contributed by atoms with van der Waals surface area (Å²) in [7, 11) is 0. The zero-order chi connectivity index (χ0) is 22.9. The average molecular weight is 461 g/mol. The summed E-state index contributed by atoms with van der Waals surface area (Å²) >= 11 is 6.30. The van der Waals surface area contributed by atoms with Crippen molar-refractivity contribution in [3.8, 4) is 11.5 Å². The van der Waals surface area contributed by atoms with Crippen LogP contribution in [0.4, 0.5) is 5.69 Å². The molecule has 0 aliphatic carbocycles. The Kier molecular flexibility index (Phi) is 5.52. The van der Waals surface area contributed by atoms with Gasteiger partial charge in [0.25, 0.3) is 11.8 Å². The Labute approximate surface area is 196 Å². The second-order valence-corrected chi connectivity index (χ2v) is 8.29. The standard InChI is InChI=1S/C26H21ClN2O4/c1-16-6-8-17(9-7-16)23-24(28-19-10-11-21-22(14-19)33-13-12-32-21)26(31)29(25(23)30)15-18-4-2-3-5-20(18)27/h2-11,14,28H,12-13,15H2,1H3. The first-order valence-corrected chi connectivity index (χ1v) is 11.0. The molecule has 6 nitrogen and oxygen atoms in total. The number of rotatable bonds is 5. The fourth-order valence-electron chi connectivity index (χ4n) is 3.89. The van der Waals surface area contributed by atoms with Gasteiger partial charge < -0.3 is 14.8 Å². The topological polar surface area (TPSA) is 67.9 Å². The van der Waals surface area contributed by atoms with E-state index in [9.17, 15) is 9.59 Å². The lowest BCUT2D eigenvalue weighted by Crippen LogP contribution is -2.32. The number of carbonyl (C=O) groups is 2. The SMILES string of the molecule is Cc1ccc(C2=C(Nc3ccc4c(c3)OCCO4)C(=O)N(Cc3ccccc3Cl)C2=O)cc1. The fourth-order valence-corrected chi connectivity index (χ4v) is 4.08. The van der Waals surface area contributed by atoms with E-state index in [-0.39, 0.29) is 18.1 Å². The third kappa shape index (κ3) is 4.05. The quantitative estimate of drug-likeness (QED) is 0.553. The lowest BCUT2D eigenvalue weighted by Gasteiger charge is -2.19. The molecule has 0 saturated heterocycles. The van der Waals surface area contributed by atoms with Crippen LogP contribution in [0.25, 0.3) is 5.57 Å². The van der Waals surface area contributed by atoms with Crippen molar-refractivity contribution in [2.75, 3.05) is 18.5 Å². The molecule has 3 aromatic rings. The molecule has 0 aromatic heterocycles. The van der Waals surface area contributed by atoms with Gasteiger partial charge in [0.1, 0.15) is 18.9 Å². The molecular formula is C26H21ClN2O4. The maximum Gasteiger partial charge on any atom is 0.278 e. The predicted molar refractivity (Wildman–Crippen MR) is 126 cm³/mol. The first-order valence-electron chi connectivity index (χ1n) is 10.6. The van der Waals surface area contributed by atoms with E-state index in [0.29, 0.717) is 52.1 Å². The van der Waals surface area contributed by atoms with Crippen molar-refractivity contribution in [1.29, 1.82) is 0 Å². The molecule has 0 bridgehead atoms. The van der Waals surface area contributed by atoms with Gasteiger partial charge in [0.2, 0.25) is 0 Å². The number of nitrogens with one attached hydrogen (secondary N) is 1. The van der Waals surface area contributed by atoms with Crippen molar-refractivity contribution in [2.24, 2.45) is 0 Å². The number of ether oxygens (including phenoxy) is 2. The summed E-state index contributed by atoms with van der Waals surface area (Å²) in [6, 6.07) is 20.1. The van der Waals surface area contributed by atoms with Crippen LogP contribution in [0.3, 0.4) is 0 Å². The highest BCUT2D eigenvalue weighted by atomic mass is 35.5. The highest BCUT2D eigenvalue weighted by Gasteiger charge is 2.39. The summed E-state index contributed by atoms with van der Waals surface area (Å²) in [6.45, 7) is 3.00. The zero-order valence-electron chi connectivity index (χ0n) is 17.9. The van der Waals surface area contributed by atoms with Gasteiger partial charge in [0, 0.05) is 16.8 Å². The van der Waals surface area contributed by atoms with Gasteiger partial charge in [-0.25, -0.2) is 0 Å². The van der Waals surface area contributed by atoms with Gasteiger partial charge in [-0.2, -0.15) is 0 Å². The van der Waals surface area contributed by atoms with Crippen LogP contribution in [0.15, 0.2) is 72.4 Å². The number of imide groups is 1. The molecule has 2 amide bonds. The molecule has 0 spiro atoms. The molecule has 0 radical (unpaired) electrons. The van der Waals surface area contributed by atoms with Crippen LogP contribution in [0.1, 0.15) is 16.7 Å². The molecule has 5 rings (SSSR count). The van der Waals surface area contributed by atoms with E-state index < -0.39 is 5.91 Å². The number of aryl methyl sites for hydroxylation is 1. The maximum absolute atomic E-state index is 13.5. The van der Waals surface area contributed by atoms with Crippen LogP contribution in [-0.2, 0) is 16.1 Å². The number of hydrogen-bond acceptors (Lipinski definition) is 5. The summed E-state index contributed by atoms with van der Waals surface area (Å²) in [5.74, 6) is 0.455. The highest BCUT2D eigenvalue weighted by Crippen LogP contribution is 2.36. The second-order valence-electron chi connectivity index (χ2n) is 7.89. The molecule has 0 unspecified atom stereocenters. The number of halogens is 1. The summed E-state index contributed by atoms with van der Waals surface area (Å²) in [4.78, 5) is 28.1. The van der Waals surface area contributed by atoms with E-state index in [0.717, 1.165) is 5.56 Å². The van der Waals surface area contributed by atoms with Crippen molar-refractivity contribution in [1.82, 2.24) is 4.90 Å². The van der Waals surface area contributed by atoms with Crippen LogP contribution in [0.5, 0.6) is 11.5 Å². The third-order valence-electron chi connectivity index (χ3n) is 5.61. The average Bonchev–Trinajstić information content (AvgIpc) is 3.05. The molecule has 2 aliphatic rings. The van der Waals surface area contributed by atoms with Crippen LogP contribution in [-0.4, -0.2) is 29.9 Å². The Hall–Kier alpha value is -3.77. The molecule has 0 atom stereocenters. The van der Waals surface area contributed by atoms with Crippen LogP contribution < -0.4 is 14.8 Å². The van der Waals surface area contributed by atoms with Gasteiger partial charge >= 0.3 is 0 Å². The molecule has 3 aromatic carbocycles. The molecule has 1 N–H and O–H groups in total. The number of anilines is 1. The number of benzene rings is 3. The van der Waals surface area contributed by atoms with Crippen molar-refractivity contribution in [3.05, 3.63) is 94.1 Å². The Bertz CT molecular complexity index is 1280. The maximum atomic E-state index is 13.5. The van der Waals surface area contributed by atoms with Crippen molar-refractivity contribution >= 4 is 34.7 Å². The Morgan fingerprint density at radius 2 is 1.64 bits per heavy atom. The van der Waals surface area contributed by atoms with E-state index in [2.05, 4.69) is 5.32 Å². The van der Waals surface area contributed by atoms with E-state index in [4.69, 9.17) is 21.1 Å². The first-order chi connectivity index (χ1) is 16.0. The normalized spacial score (nSPS) is 15.3. The molecule has 2 aliphatic heterocycles. The third-order valence-corrected chi connectivity index (χ3v) is 5.97. The molecule has 166 valence electrons. The minimum atomic E-state index is -0.412. The van der Waals surface area contributed by atoms with Gasteiger partial charge in [-0.3, -0.25) is 14.5 Å². The lowest BCUT2D eigenvalue weighted by molar-refractivity contribution is -0.137. The number of nitrogens with zero attached hydrogens (tertiary/aromatic N) is 1. The van der Waals surface area contributed by atoms with Crippen molar-refractivity contribution in [2.45, 2.75) is 13.5 Å². The minimum Gasteiger partial charge on any atom is -0.486 e. The Balaban J connectivity index is 1.53. The van der Waals surface area contributed by atoms with Gasteiger partial charge in [-0.1, -0.05) is 59.6 Å². The largest absolute Gasteiger partial charge is 0.486 e. The van der Waals surface area contributed by atoms with Crippen LogP contribution in [0.2, 0.25) is 5.02 Å². The smallest absolute Gasteiger partial charge is 0.278 e. The number of hydrogen-bond donors (Lipinski definition) is 1. The monoisotopic (exact) mass is 460 g/mol. The fraction of sp³-hybridized carbons (Fsp3) is 0.154. The molecule has 0 saturated carbocycles. The molecule has 0 fully saturated rings. The molecule has 33 heavy (non-hydrogen) atoms. The number of fused-ring (bicyclic) bond motifs is 1. The number of carbonyl (C=O) groups excluding carboxylic acids is 2. The van der Waals surface area contributed by atoms with Crippen molar-refractivity contribution < 1.29 is 19.1 Å². The molecular weight excluding hydrogens is 440 g/mol. The zero-order valence-corrected chi connectivity index (χ0v) is 18.7. The van der Waals surface area contributed by atoms with Gasteiger partial charge in [-0.05, 0) is 36.2 Å². The highest BCUT2D eigenvalue weighted by molar-refractivity contribution is 6.36. The van der Waals surface area contributed by atoms with Crippen molar-refractivity contribution in [3.63, 3.8) is 0 Å².